The molecule has 0 saturated heterocycles. The molecule has 0 aliphatic heterocycles. The minimum absolute atomic E-state index is 0.0972. The van der Waals surface area contributed by atoms with Gasteiger partial charge in [0.1, 0.15) is 0 Å². The van der Waals surface area contributed by atoms with Crippen LogP contribution in [0.4, 0.5) is 0 Å². The Morgan fingerprint density at radius 1 is 1.24 bits per heavy atom. The lowest BCUT2D eigenvalue weighted by atomic mass is 10.1. The Morgan fingerprint density at radius 3 is 2.64 bits per heavy atom. The number of thioether (sulfide) groups is 1. The lowest BCUT2D eigenvalue weighted by Gasteiger charge is -2.20. The number of H-pyrrole nitrogens is 1. The van der Waals surface area contributed by atoms with E-state index >= 15 is 0 Å². The Bertz CT molecular complexity index is 957. The molecule has 3 aromatic rings. The lowest BCUT2D eigenvalue weighted by Crippen LogP contribution is -2.41. The molecule has 25 heavy (non-hydrogen) atoms. The molecule has 0 spiro atoms. The molecule has 0 atom stereocenters. The highest BCUT2D eigenvalue weighted by atomic mass is 32.2. The van der Waals surface area contributed by atoms with Crippen LogP contribution in [-0.4, -0.2) is 36.8 Å². The first-order valence-corrected chi connectivity index (χ1v) is 8.79. The molecule has 8 heteroatoms. The van der Waals surface area contributed by atoms with Crippen LogP contribution in [0.5, 0.6) is 0 Å². The third-order valence-electron chi connectivity index (χ3n) is 3.20. The molecule has 2 N–H and O–H groups in total. The van der Waals surface area contributed by atoms with Crippen molar-refractivity contribution in [1.29, 1.82) is 0 Å². The largest absolute Gasteiger partial charge is 0.351 e. The average molecular weight is 357 g/mol. The molecule has 1 aromatic carbocycles. The van der Waals surface area contributed by atoms with Crippen molar-refractivity contribution in [3.05, 3.63) is 46.8 Å². The quantitative estimate of drug-likeness (QED) is 0.698. The number of carbonyl (C=O) groups is 1. The highest BCUT2D eigenvalue weighted by molar-refractivity contribution is 7.99. The van der Waals surface area contributed by atoms with Crippen LogP contribution in [0.2, 0.25) is 0 Å². The summed E-state index contributed by atoms with van der Waals surface area (Å²) < 4.78 is 1.50. The van der Waals surface area contributed by atoms with E-state index in [1.165, 1.54) is 22.3 Å². The average Bonchev–Trinajstić information content (AvgIpc) is 2.92. The fourth-order valence-corrected chi connectivity index (χ4v) is 3.03. The van der Waals surface area contributed by atoms with Gasteiger partial charge in [-0.25, -0.2) is 14.5 Å². The number of aromatic nitrogens is 4. The highest BCUT2D eigenvalue weighted by Crippen LogP contribution is 2.21. The van der Waals surface area contributed by atoms with Gasteiger partial charge in [-0.3, -0.25) is 14.7 Å². The zero-order valence-electron chi connectivity index (χ0n) is 14.2. The number of amides is 1. The number of fused-ring (bicyclic) bond motifs is 1. The molecule has 0 fully saturated rings. The van der Waals surface area contributed by atoms with E-state index in [9.17, 15) is 9.59 Å². The van der Waals surface area contributed by atoms with E-state index in [1.807, 2.05) is 51.1 Å². The van der Waals surface area contributed by atoms with Crippen LogP contribution in [0.3, 0.4) is 0 Å². The van der Waals surface area contributed by atoms with E-state index in [-0.39, 0.29) is 22.8 Å². The summed E-state index contributed by atoms with van der Waals surface area (Å²) in [6.07, 6.45) is 0. The monoisotopic (exact) mass is 357 g/mol. The maximum absolute atomic E-state index is 12.1. The summed E-state index contributed by atoms with van der Waals surface area (Å²) in [5.41, 5.74) is 0.757. The Labute approximate surface area is 148 Å². The predicted octanol–water partition coefficient (Wildman–Crippen LogP) is 2.09. The van der Waals surface area contributed by atoms with E-state index in [2.05, 4.69) is 20.4 Å². The molecular formula is C17H19N5O2S. The van der Waals surface area contributed by atoms with Gasteiger partial charge in [0.05, 0.1) is 5.75 Å². The van der Waals surface area contributed by atoms with Gasteiger partial charge in [0.25, 0.3) is 5.56 Å². The van der Waals surface area contributed by atoms with E-state index < -0.39 is 0 Å². The number of rotatable bonds is 4. The summed E-state index contributed by atoms with van der Waals surface area (Å²) in [6.45, 7) is 5.78. The summed E-state index contributed by atoms with van der Waals surface area (Å²) in [7, 11) is 0. The second-order valence-electron chi connectivity index (χ2n) is 6.60. The van der Waals surface area contributed by atoms with Crippen molar-refractivity contribution in [1.82, 2.24) is 24.9 Å². The van der Waals surface area contributed by atoms with Gasteiger partial charge in [0.15, 0.2) is 16.6 Å². The van der Waals surface area contributed by atoms with Crippen LogP contribution in [-0.2, 0) is 4.79 Å². The Kier molecular flexibility index (Phi) is 4.63. The minimum atomic E-state index is -0.296. The maximum atomic E-state index is 12.1. The van der Waals surface area contributed by atoms with Crippen LogP contribution in [0.25, 0.3) is 17.0 Å². The van der Waals surface area contributed by atoms with E-state index in [1.54, 1.807) is 0 Å². The van der Waals surface area contributed by atoms with Crippen LogP contribution in [0.15, 0.2) is 46.3 Å². The van der Waals surface area contributed by atoms with Crippen molar-refractivity contribution >= 4 is 23.3 Å². The topological polar surface area (TPSA) is 92.2 Å². The molecule has 0 saturated carbocycles. The number of aromatic amines is 1. The summed E-state index contributed by atoms with van der Waals surface area (Å²) in [6, 6.07) is 10.9. The molecule has 0 aliphatic rings. The van der Waals surface area contributed by atoms with Crippen molar-refractivity contribution < 1.29 is 4.79 Å². The predicted molar refractivity (Wildman–Crippen MR) is 97.7 cm³/mol. The first-order chi connectivity index (χ1) is 11.8. The Hall–Kier alpha value is -2.61. The number of nitrogens with zero attached hydrogens (tertiary/aromatic N) is 3. The Balaban J connectivity index is 1.93. The third kappa shape index (κ3) is 4.27. The lowest BCUT2D eigenvalue weighted by molar-refractivity contribution is -0.119. The van der Waals surface area contributed by atoms with Gasteiger partial charge >= 0.3 is 0 Å². The van der Waals surface area contributed by atoms with Gasteiger partial charge in [-0.2, -0.15) is 0 Å². The minimum Gasteiger partial charge on any atom is -0.351 e. The zero-order chi connectivity index (χ0) is 18.0. The highest BCUT2D eigenvalue weighted by Gasteiger charge is 2.16. The molecule has 1 amide bonds. The van der Waals surface area contributed by atoms with Gasteiger partial charge in [0, 0.05) is 17.2 Å². The first kappa shape index (κ1) is 17.2. The zero-order valence-corrected chi connectivity index (χ0v) is 15.1. The van der Waals surface area contributed by atoms with E-state index in [4.69, 9.17) is 0 Å². The van der Waals surface area contributed by atoms with E-state index in [0.29, 0.717) is 16.6 Å². The van der Waals surface area contributed by atoms with Crippen LogP contribution in [0, 0.1) is 0 Å². The number of carbonyl (C=O) groups excluding carboxylic acids is 1. The summed E-state index contributed by atoms with van der Waals surface area (Å²) >= 11 is 1.25. The summed E-state index contributed by atoms with van der Waals surface area (Å²) in [5.74, 6) is 0.607. The fraction of sp³-hybridized carbons (Fsp3) is 0.294. The Morgan fingerprint density at radius 2 is 1.96 bits per heavy atom. The molecular weight excluding hydrogens is 338 g/mol. The van der Waals surface area contributed by atoms with Crippen molar-refractivity contribution in [2.24, 2.45) is 0 Å². The number of benzene rings is 1. The second kappa shape index (κ2) is 6.72. The SMILES string of the molecule is CC(C)(C)NC(=O)CSc1nc(-c2ccccc2)nc2cc(=O)[nH]n12. The van der Waals surface area contributed by atoms with Gasteiger partial charge in [-0.15, -0.1) is 0 Å². The number of hydrogen-bond acceptors (Lipinski definition) is 5. The molecule has 0 unspecified atom stereocenters. The summed E-state index contributed by atoms with van der Waals surface area (Å²) in [4.78, 5) is 32.7. The van der Waals surface area contributed by atoms with Crippen LogP contribution < -0.4 is 10.9 Å². The maximum Gasteiger partial charge on any atom is 0.266 e. The standard InChI is InChI=1S/C17H19N5O2S/c1-17(2,3)20-14(24)10-25-16-19-15(11-7-5-4-6-8-11)18-12-9-13(23)21-22(12)16/h4-9H,10H2,1-3H3,(H,20,24)(H,21,23). The van der Waals surface area contributed by atoms with E-state index in [0.717, 1.165) is 5.56 Å². The normalized spacial score (nSPS) is 11.6. The molecule has 130 valence electrons. The molecule has 2 aromatic heterocycles. The molecule has 0 radical (unpaired) electrons. The molecule has 7 nitrogen and oxygen atoms in total. The smallest absolute Gasteiger partial charge is 0.266 e. The molecule has 3 rings (SSSR count). The number of nitrogens with one attached hydrogen (secondary N) is 2. The van der Waals surface area contributed by atoms with Gasteiger partial charge in [0.2, 0.25) is 5.91 Å². The second-order valence-corrected chi connectivity index (χ2v) is 7.54. The van der Waals surface area contributed by atoms with Crippen molar-refractivity contribution in [3.63, 3.8) is 0 Å². The van der Waals surface area contributed by atoms with Gasteiger partial charge < -0.3 is 5.32 Å². The molecule has 0 bridgehead atoms. The van der Waals surface area contributed by atoms with Crippen molar-refractivity contribution in [3.8, 4) is 11.4 Å². The fourth-order valence-electron chi connectivity index (χ4n) is 2.28. The van der Waals surface area contributed by atoms with Crippen molar-refractivity contribution in [2.45, 2.75) is 31.5 Å². The van der Waals surface area contributed by atoms with Crippen molar-refractivity contribution in [2.75, 3.05) is 5.75 Å². The molecule has 2 heterocycles. The summed E-state index contributed by atoms with van der Waals surface area (Å²) in [5, 5.41) is 6.08. The van der Waals surface area contributed by atoms with Gasteiger partial charge in [-0.05, 0) is 20.8 Å². The number of hydrogen-bond donors (Lipinski definition) is 2. The molecule has 0 aliphatic carbocycles. The van der Waals surface area contributed by atoms with Crippen LogP contribution >= 0.6 is 11.8 Å². The first-order valence-electron chi connectivity index (χ1n) is 7.81. The van der Waals surface area contributed by atoms with Crippen LogP contribution in [0.1, 0.15) is 20.8 Å². The van der Waals surface area contributed by atoms with Gasteiger partial charge in [-0.1, -0.05) is 42.1 Å². The third-order valence-corrected chi connectivity index (χ3v) is 4.14.